The third-order valence-electron chi connectivity index (χ3n) is 2.67. The maximum atomic E-state index is 9.52. The molecule has 1 aliphatic rings. The van der Waals surface area contributed by atoms with Crippen LogP contribution in [0.5, 0.6) is 5.75 Å². The van der Waals surface area contributed by atoms with E-state index in [1.165, 1.54) is 17.4 Å². The lowest BCUT2D eigenvalue weighted by Crippen LogP contribution is -2.01. The van der Waals surface area contributed by atoms with Crippen molar-refractivity contribution >= 4 is 28.6 Å². The summed E-state index contributed by atoms with van der Waals surface area (Å²) in [6.45, 7) is 0. The van der Waals surface area contributed by atoms with E-state index < -0.39 is 0 Å². The highest BCUT2D eigenvalue weighted by Crippen LogP contribution is 2.32. The Labute approximate surface area is 112 Å². The van der Waals surface area contributed by atoms with Crippen LogP contribution in [-0.4, -0.2) is 15.8 Å². The van der Waals surface area contributed by atoms with E-state index >= 15 is 0 Å². The number of rotatable bonds is 2. The maximum absolute atomic E-state index is 9.52. The van der Waals surface area contributed by atoms with Gasteiger partial charge in [0, 0.05) is 22.4 Å². The molecule has 0 spiro atoms. The van der Waals surface area contributed by atoms with Crippen LogP contribution in [0.3, 0.4) is 0 Å². The van der Waals surface area contributed by atoms with Crippen molar-refractivity contribution in [2.75, 3.05) is 0 Å². The van der Waals surface area contributed by atoms with Crippen LogP contribution in [0, 0.1) is 0 Å². The smallest absolute Gasteiger partial charge is 0.158 e. The molecule has 18 heavy (non-hydrogen) atoms. The van der Waals surface area contributed by atoms with Gasteiger partial charge in [0.15, 0.2) is 6.10 Å². The number of thiazole rings is 1. The van der Waals surface area contributed by atoms with E-state index in [0.717, 1.165) is 17.0 Å². The average molecular weight is 281 g/mol. The summed E-state index contributed by atoms with van der Waals surface area (Å²) in [5.41, 5.74) is 4.24. The molecule has 0 amide bonds. The molecule has 1 aromatic carbocycles. The molecule has 92 valence electrons. The van der Waals surface area contributed by atoms with E-state index in [-0.39, 0.29) is 11.9 Å². The van der Waals surface area contributed by atoms with Gasteiger partial charge in [0.05, 0.1) is 11.2 Å². The number of oxime groups is 1. The van der Waals surface area contributed by atoms with Crippen molar-refractivity contribution in [3.63, 3.8) is 0 Å². The molecule has 3 rings (SSSR count). The van der Waals surface area contributed by atoms with Gasteiger partial charge in [0.1, 0.15) is 11.5 Å². The highest BCUT2D eigenvalue weighted by Gasteiger charge is 2.25. The summed E-state index contributed by atoms with van der Waals surface area (Å²) in [7, 11) is 0. The molecule has 0 saturated heterocycles. The number of benzene rings is 1. The van der Waals surface area contributed by atoms with Crippen LogP contribution in [0.25, 0.3) is 0 Å². The van der Waals surface area contributed by atoms with E-state index in [1.54, 1.807) is 17.6 Å². The number of hydrogen-bond donors (Lipinski definition) is 1. The van der Waals surface area contributed by atoms with Crippen molar-refractivity contribution in [1.82, 2.24) is 4.98 Å². The summed E-state index contributed by atoms with van der Waals surface area (Å²) in [5.74, 6) is 0.128. The third kappa shape index (κ3) is 2.19. The van der Waals surface area contributed by atoms with Crippen LogP contribution in [0.2, 0.25) is 5.02 Å². The van der Waals surface area contributed by atoms with Gasteiger partial charge >= 0.3 is 0 Å². The molecule has 0 radical (unpaired) electrons. The Morgan fingerprint density at radius 1 is 1.39 bits per heavy atom. The van der Waals surface area contributed by atoms with Crippen LogP contribution in [0.15, 0.2) is 34.2 Å². The molecule has 0 aliphatic carbocycles. The van der Waals surface area contributed by atoms with E-state index in [9.17, 15) is 5.11 Å². The molecule has 2 heterocycles. The number of halogens is 1. The maximum Gasteiger partial charge on any atom is 0.158 e. The first-order chi connectivity index (χ1) is 8.72. The van der Waals surface area contributed by atoms with Crippen molar-refractivity contribution < 1.29 is 9.94 Å². The quantitative estimate of drug-likeness (QED) is 0.917. The predicted molar refractivity (Wildman–Crippen MR) is 70.2 cm³/mol. The molecule has 1 atom stereocenters. The number of aromatic nitrogens is 1. The number of aromatic hydroxyl groups is 1. The summed E-state index contributed by atoms with van der Waals surface area (Å²) in [6, 6.07) is 4.89. The third-order valence-corrected chi connectivity index (χ3v) is 3.48. The van der Waals surface area contributed by atoms with Gasteiger partial charge in [0.2, 0.25) is 0 Å². The molecule has 1 aromatic heterocycles. The summed E-state index contributed by atoms with van der Waals surface area (Å²) in [4.78, 5) is 9.56. The van der Waals surface area contributed by atoms with E-state index in [0.29, 0.717) is 11.4 Å². The highest BCUT2D eigenvalue weighted by atomic mass is 35.5. The van der Waals surface area contributed by atoms with Gasteiger partial charge in [-0.05, 0) is 18.2 Å². The second kappa shape index (κ2) is 4.59. The summed E-state index contributed by atoms with van der Waals surface area (Å²) >= 11 is 7.42. The number of nitrogens with zero attached hydrogens (tertiary/aromatic N) is 2. The predicted octanol–water partition coefficient (Wildman–Crippen LogP) is 3.37. The second-order valence-electron chi connectivity index (χ2n) is 3.95. The summed E-state index contributed by atoms with van der Waals surface area (Å²) in [5, 5.41) is 16.0. The Kier molecular flexibility index (Phi) is 2.93. The first-order valence-electron chi connectivity index (χ1n) is 5.33. The topological polar surface area (TPSA) is 54.7 Å². The molecule has 1 N–H and O–H groups in total. The Balaban J connectivity index is 1.81. The molecule has 0 fully saturated rings. The molecule has 0 bridgehead atoms. The monoisotopic (exact) mass is 280 g/mol. The Hall–Kier alpha value is -1.59. The van der Waals surface area contributed by atoms with Gasteiger partial charge in [0.25, 0.3) is 0 Å². The summed E-state index contributed by atoms with van der Waals surface area (Å²) < 4.78 is 0. The Bertz CT molecular complexity index is 578. The number of phenols is 1. The van der Waals surface area contributed by atoms with Crippen LogP contribution in [-0.2, 0) is 4.84 Å². The largest absolute Gasteiger partial charge is 0.508 e. The minimum atomic E-state index is -0.216. The van der Waals surface area contributed by atoms with Crippen LogP contribution < -0.4 is 0 Å². The molecule has 6 heteroatoms. The Morgan fingerprint density at radius 2 is 2.28 bits per heavy atom. The van der Waals surface area contributed by atoms with E-state index in [1.807, 2.05) is 5.38 Å². The second-order valence-corrected chi connectivity index (χ2v) is 5.11. The fraction of sp³-hybridized carbons (Fsp3) is 0.167. The zero-order valence-electron chi connectivity index (χ0n) is 9.21. The lowest BCUT2D eigenvalue weighted by molar-refractivity contribution is 0.0856. The average Bonchev–Trinajstić information content (AvgIpc) is 2.99. The molecular formula is C12H9ClN2O2S. The van der Waals surface area contributed by atoms with Gasteiger partial charge in [-0.2, -0.15) is 0 Å². The van der Waals surface area contributed by atoms with Crippen LogP contribution >= 0.6 is 22.9 Å². The first-order valence-corrected chi connectivity index (χ1v) is 6.65. The highest BCUT2D eigenvalue weighted by molar-refractivity contribution is 7.07. The van der Waals surface area contributed by atoms with Gasteiger partial charge in [-0.1, -0.05) is 16.8 Å². The van der Waals surface area contributed by atoms with Crippen molar-refractivity contribution in [2.24, 2.45) is 5.16 Å². The van der Waals surface area contributed by atoms with Crippen molar-refractivity contribution in [1.29, 1.82) is 0 Å². The minimum absolute atomic E-state index is 0.128. The summed E-state index contributed by atoms with van der Waals surface area (Å²) in [6.07, 6.45) is 0.412. The zero-order valence-corrected chi connectivity index (χ0v) is 10.8. The molecule has 2 aromatic rings. The first kappa shape index (κ1) is 11.5. The zero-order chi connectivity index (χ0) is 12.5. The molecular weight excluding hydrogens is 272 g/mol. The van der Waals surface area contributed by atoms with Crippen molar-refractivity contribution in [3.05, 3.63) is 45.4 Å². The van der Waals surface area contributed by atoms with Gasteiger partial charge in [-0.15, -0.1) is 11.3 Å². The van der Waals surface area contributed by atoms with Gasteiger partial charge in [-0.25, -0.2) is 4.98 Å². The van der Waals surface area contributed by atoms with E-state index in [2.05, 4.69) is 10.1 Å². The fourth-order valence-corrected chi connectivity index (χ4v) is 2.64. The fourth-order valence-electron chi connectivity index (χ4n) is 1.84. The normalized spacial score (nSPS) is 18.5. The van der Waals surface area contributed by atoms with Crippen molar-refractivity contribution in [3.8, 4) is 5.75 Å². The molecule has 0 saturated carbocycles. The van der Waals surface area contributed by atoms with Gasteiger partial charge < -0.3 is 9.94 Å². The molecule has 1 aliphatic heterocycles. The standard InChI is InChI=1S/C12H9ClN2O2S/c13-8-1-7(2-9(16)3-8)12-4-10(15-17-12)11-5-18-6-14-11/h1-3,5-6,12,16H,4H2. The lowest BCUT2D eigenvalue weighted by atomic mass is 10.0. The van der Waals surface area contributed by atoms with Crippen LogP contribution in [0.1, 0.15) is 23.8 Å². The molecule has 4 nitrogen and oxygen atoms in total. The number of phenolic OH excluding ortho intramolecular Hbond substituents is 1. The lowest BCUT2D eigenvalue weighted by Gasteiger charge is -2.09. The SMILES string of the molecule is Oc1cc(Cl)cc(C2CC(c3cscn3)=NO2)c1. The minimum Gasteiger partial charge on any atom is -0.508 e. The number of hydrogen-bond acceptors (Lipinski definition) is 5. The van der Waals surface area contributed by atoms with E-state index in [4.69, 9.17) is 16.4 Å². The van der Waals surface area contributed by atoms with Crippen LogP contribution in [0.4, 0.5) is 0 Å². The Morgan fingerprint density at radius 3 is 3.00 bits per heavy atom. The van der Waals surface area contributed by atoms with Gasteiger partial charge in [-0.3, -0.25) is 0 Å². The van der Waals surface area contributed by atoms with Crippen molar-refractivity contribution in [2.45, 2.75) is 12.5 Å². The molecule has 1 unspecified atom stereocenters.